The molecule has 0 radical (unpaired) electrons. The lowest BCUT2D eigenvalue weighted by molar-refractivity contribution is 0.0666. The molecule has 2 heterocycles. The molecule has 4 heteroatoms. The van der Waals surface area contributed by atoms with Gasteiger partial charge in [-0.15, -0.1) is 11.3 Å². The summed E-state index contributed by atoms with van der Waals surface area (Å²) in [6, 6.07) is 3.95. The molecule has 3 nitrogen and oxygen atoms in total. The van der Waals surface area contributed by atoms with Crippen LogP contribution >= 0.6 is 11.3 Å². The molecular formula is C13H20N2OS. The van der Waals surface area contributed by atoms with Crippen molar-refractivity contribution in [1.82, 2.24) is 10.2 Å². The van der Waals surface area contributed by atoms with E-state index in [0.717, 1.165) is 30.8 Å². The summed E-state index contributed by atoms with van der Waals surface area (Å²) < 4.78 is 0. The van der Waals surface area contributed by atoms with Crippen LogP contribution < -0.4 is 5.32 Å². The maximum atomic E-state index is 12.2. The zero-order chi connectivity index (χ0) is 12.5. The van der Waals surface area contributed by atoms with E-state index in [0.29, 0.717) is 0 Å². The number of hydrogen-bond acceptors (Lipinski definition) is 3. The van der Waals surface area contributed by atoms with Gasteiger partial charge in [0.05, 0.1) is 4.88 Å². The molecule has 0 aromatic carbocycles. The first-order valence-corrected chi connectivity index (χ1v) is 6.90. The van der Waals surface area contributed by atoms with Crippen LogP contribution in [0.5, 0.6) is 0 Å². The van der Waals surface area contributed by atoms with E-state index in [1.807, 2.05) is 31.0 Å². The van der Waals surface area contributed by atoms with E-state index in [2.05, 4.69) is 12.2 Å². The molecule has 0 spiro atoms. The Hall–Kier alpha value is -0.870. The smallest absolute Gasteiger partial charge is 0.263 e. The van der Waals surface area contributed by atoms with Crippen molar-refractivity contribution in [3.05, 3.63) is 21.9 Å². The van der Waals surface area contributed by atoms with Gasteiger partial charge >= 0.3 is 0 Å². The summed E-state index contributed by atoms with van der Waals surface area (Å²) >= 11 is 1.59. The number of carbonyl (C=O) groups excluding carboxylic acids is 1. The summed E-state index contributed by atoms with van der Waals surface area (Å²) in [7, 11) is 2.00. The van der Waals surface area contributed by atoms with Gasteiger partial charge in [-0.05, 0) is 45.9 Å². The number of hydrogen-bond donors (Lipinski definition) is 1. The number of amides is 1. The van der Waals surface area contributed by atoms with E-state index in [9.17, 15) is 4.79 Å². The zero-order valence-corrected chi connectivity index (χ0v) is 11.6. The van der Waals surface area contributed by atoms with Crippen molar-refractivity contribution in [2.24, 2.45) is 0 Å². The Labute approximate surface area is 107 Å². The third-order valence-corrected chi connectivity index (χ3v) is 4.70. The molecule has 1 aliphatic rings. The van der Waals surface area contributed by atoms with Crippen LogP contribution in [0.4, 0.5) is 0 Å². The van der Waals surface area contributed by atoms with Gasteiger partial charge in [-0.25, -0.2) is 0 Å². The summed E-state index contributed by atoms with van der Waals surface area (Å²) in [5.74, 6) is 0.196. The molecule has 2 rings (SSSR count). The Morgan fingerprint density at radius 3 is 2.53 bits per heavy atom. The number of carbonyl (C=O) groups is 1. The highest BCUT2D eigenvalue weighted by Gasteiger charge is 2.30. The highest BCUT2D eigenvalue weighted by molar-refractivity contribution is 7.13. The van der Waals surface area contributed by atoms with Crippen molar-refractivity contribution in [2.75, 3.05) is 20.1 Å². The number of aryl methyl sites for hydroxylation is 1. The van der Waals surface area contributed by atoms with Crippen molar-refractivity contribution in [2.45, 2.75) is 32.2 Å². The van der Waals surface area contributed by atoms with E-state index in [4.69, 9.17) is 0 Å². The van der Waals surface area contributed by atoms with E-state index in [-0.39, 0.29) is 11.4 Å². The molecule has 0 saturated carbocycles. The second-order valence-corrected chi connectivity index (χ2v) is 6.30. The molecule has 1 fully saturated rings. The van der Waals surface area contributed by atoms with Gasteiger partial charge in [-0.3, -0.25) is 4.79 Å². The van der Waals surface area contributed by atoms with E-state index < -0.39 is 0 Å². The summed E-state index contributed by atoms with van der Waals surface area (Å²) in [6.45, 7) is 5.97. The maximum absolute atomic E-state index is 12.2. The quantitative estimate of drug-likeness (QED) is 0.875. The topological polar surface area (TPSA) is 32.3 Å². The third kappa shape index (κ3) is 2.69. The molecule has 0 aliphatic carbocycles. The molecule has 94 valence electrons. The van der Waals surface area contributed by atoms with Crippen molar-refractivity contribution in [1.29, 1.82) is 0 Å². The van der Waals surface area contributed by atoms with Crippen LogP contribution in [-0.4, -0.2) is 36.5 Å². The number of likely N-dealkylation sites (tertiary alicyclic amines) is 1. The normalized spacial score (nSPS) is 19.4. The van der Waals surface area contributed by atoms with Gasteiger partial charge in [0.2, 0.25) is 0 Å². The fourth-order valence-corrected chi connectivity index (χ4v) is 2.99. The Balaban J connectivity index is 1.99. The van der Waals surface area contributed by atoms with Crippen molar-refractivity contribution in [3.8, 4) is 0 Å². The molecule has 1 aromatic rings. The van der Waals surface area contributed by atoms with Crippen LogP contribution in [0.15, 0.2) is 12.1 Å². The number of thiophene rings is 1. The Morgan fingerprint density at radius 1 is 1.41 bits per heavy atom. The van der Waals surface area contributed by atoms with Crippen LogP contribution in [0.2, 0.25) is 0 Å². The zero-order valence-electron chi connectivity index (χ0n) is 10.7. The largest absolute Gasteiger partial charge is 0.338 e. The number of rotatable bonds is 2. The average Bonchev–Trinajstić information content (AvgIpc) is 2.76. The Morgan fingerprint density at radius 2 is 2.06 bits per heavy atom. The summed E-state index contributed by atoms with van der Waals surface area (Å²) in [5.41, 5.74) is 0.197. The highest BCUT2D eigenvalue weighted by atomic mass is 32.1. The van der Waals surface area contributed by atoms with E-state index in [1.165, 1.54) is 4.88 Å². The second kappa shape index (κ2) is 4.78. The predicted octanol–water partition coefficient (Wildman–Crippen LogP) is 2.27. The van der Waals surface area contributed by atoms with Gasteiger partial charge in [0.15, 0.2) is 0 Å². The number of nitrogens with one attached hydrogen (secondary N) is 1. The van der Waals surface area contributed by atoms with Crippen molar-refractivity contribution < 1.29 is 4.79 Å². The fraction of sp³-hybridized carbons (Fsp3) is 0.615. The first kappa shape index (κ1) is 12.6. The van der Waals surface area contributed by atoms with E-state index in [1.54, 1.807) is 11.3 Å². The maximum Gasteiger partial charge on any atom is 0.263 e. The summed E-state index contributed by atoms with van der Waals surface area (Å²) in [5, 5.41) is 3.35. The Kier molecular flexibility index (Phi) is 3.54. The van der Waals surface area contributed by atoms with Crippen LogP contribution in [0.3, 0.4) is 0 Å². The van der Waals surface area contributed by atoms with Crippen LogP contribution in [-0.2, 0) is 0 Å². The number of piperidine rings is 1. The predicted molar refractivity (Wildman–Crippen MR) is 71.7 cm³/mol. The lowest BCUT2D eigenvalue weighted by Crippen LogP contribution is -2.51. The van der Waals surface area contributed by atoms with Crippen molar-refractivity contribution in [3.63, 3.8) is 0 Å². The van der Waals surface area contributed by atoms with Gasteiger partial charge < -0.3 is 10.2 Å². The minimum absolute atomic E-state index is 0.196. The fourth-order valence-electron chi connectivity index (χ4n) is 2.16. The van der Waals surface area contributed by atoms with Crippen LogP contribution in [0.1, 0.15) is 34.3 Å². The van der Waals surface area contributed by atoms with Gasteiger partial charge in [0, 0.05) is 23.5 Å². The van der Waals surface area contributed by atoms with Gasteiger partial charge in [-0.2, -0.15) is 0 Å². The molecular weight excluding hydrogens is 232 g/mol. The van der Waals surface area contributed by atoms with Gasteiger partial charge in [-0.1, -0.05) is 0 Å². The van der Waals surface area contributed by atoms with Crippen LogP contribution in [0.25, 0.3) is 0 Å². The Bertz CT molecular complexity index is 405. The molecule has 1 aliphatic heterocycles. The SMILES string of the molecule is CNC1(C)CCN(C(=O)c2ccc(C)s2)CC1. The van der Waals surface area contributed by atoms with Crippen LogP contribution in [0, 0.1) is 6.92 Å². The summed E-state index contributed by atoms with van der Waals surface area (Å²) in [6.07, 6.45) is 2.05. The monoisotopic (exact) mass is 252 g/mol. The first-order chi connectivity index (χ1) is 8.04. The second-order valence-electron chi connectivity index (χ2n) is 5.01. The molecule has 1 amide bonds. The minimum Gasteiger partial charge on any atom is -0.338 e. The van der Waals surface area contributed by atoms with E-state index >= 15 is 0 Å². The van der Waals surface area contributed by atoms with Crippen molar-refractivity contribution >= 4 is 17.2 Å². The summed E-state index contributed by atoms with van der Waals surface area (Å²) in [4.78, 5) is 16.3. The lowest BCUT2D eigenvalue weighted by atomic mass is 9.90. The first-order valence-electron chi connectivity index (χ1n) is 6.09. The molecule has 1 saturated heterocycles. The highest BCUT2D eigenvalue weighted by Crippen LogP contribution is 2.24. The molecule has 0 unspecified atom stereocenters. The molecule has 1 N–H and O–H groups in total. The average molecular weight is 252 g/mol. The standard InChI is InChI=1S/C13H20N2OS/c1-10-4-5-11(17-10)12(16)15-8-6-13(2,14-3)7-9-15/h4-5,14H,6-9H2,1-3H3. The number of nitrogens with zero attached hydrogens (tertiary/aromatic N) is 1. The van der Waals surface area contributed by atoms with Gasteiger partial charge in [0.1, 0.15) is 0 Å². The lowest BCUT2D eigenvalue weighted by Gasteiger charge is -2.39. The molecule has 17 heavy (non-hydrogen) atoms. The minimum atomic E-state index is 0.196. The molecule has 1 aromatic heterocycles. The third-order valence-electron chi connectivity index (χ3n) is 3.71. The molecule has 0 bridgehead atoms. The van der Waals surface area contributed by atoms with Gasteiger partial charge in [0.25, 0.3) is 5.91 Å². The molecule has 0 atom stereocenters.